The normalized spacial score (nSPS) is 15.0. The average molecular weight is 482 g/mol. The maximum atomic E-state index is 13.2. The SMILES string of the molecule is CC(C)[Si](OC[C@@H](CCOCc1ccccc1)N1C(=O)c2ccccc2C1=O)(C(C)C)C(C)C. The Bertz CT molecular complexity index is 917. The van der Waals surface area contributed by atoms with Crippen LogP contribution in [0.15, 0.2) is 54.6 Å². The third-order valence-electron chi connectivity index (χ3n) is 7.13. The molecule has 1 aliphatic rings. The van der Waals surface area contributed by atoms with Gasteiger partial charge in [0.2, 0.25) is 0 Å². The number of benzene rings is 2. The summed E-state index contributed by atoms with van der Waals surface area (Å²) < 4.78 is 12.8. The molecule has 0 radical (unpaired) electrons. The van der Waals surface area contributed by atoms with Crippen LogP contribution in [0.25, 0.3) is 0 Å². The molecule has 5 nitrogen and oxygen atoms in total. The molecule has 2 amide bonds. The van der Waals surface area contributed by atoms with Gasteiger partial charge >= 0.3 is 0 Å². The summed E-state index contributed by atoms with van der Waals surface area (Å²) in [4.78, 5) is 27.9. The van der Waals surface area contributed by atoms with E-state index in [4.69, 9.17) is 9.16 Å². The lowest BCUT2D eigenvalue weighted by molar-refractivity contribution is 0.0427. The number of nitrogens with zero attached hydrogens (tertiary/aromatic N) is 1. The van der Waals surface area contributed by atoms with Crippen LogP contribution in [0.2, 0.25) is 16.6 Å². The minimum atomic E-state index is -2.16. The van der Waals surface area contributed by atoms with Crippen molar-refractivity contribution in [1.82, 2.24) is 4.90 Å². The third kappa shape index (κ3) is 5.34. The highest BCUT2D eigenvalue weighted by molar-refractivity contribution is 6.77. The number of ether oxygens (including phenoxy) is 1. The number of carbonyl (C=O) groups is 2. The van der Waals surface area contributed by atoms with Crippen LogP contribution >= 0.6 is 0 Å². The molecule has 34 heavy (non-hydrogen) atoms. The number of fused-ring (bicyclic) bond motifs is 1. The minimum Gasteiger partial charge on any atom is -0.414 e. The zero-order valence-corrected chi connectivity index (χ0v) is 22.4. The van der Waals surface area contributed by atoms with E-state index in [1.807, 2.05) is 30.3 Å². The molecule has 0 unspecified atom stereocenters. The molecule has 2 aromatic carbocycles. The molecular formula is C28H39NO4Si. The van der Waals surface area contributed by atoms with Crippen LogP contribution < -0.4 is 0 Å². The van der Waals surface area contributed by atoms with Crippen molar-refractivity contribution in [2.24, 2.45) is 0 Å². The number of carbonyl (C=O) groups excluding carboxylic acids is 2. The molecular weight excluding hydrogens is 442 g/mol. The number of hydrogen-bond donors (Lipinski definition) is 0. The van der Waals surface area contributed by atoms with Crippen molar-refractivity contribution in [2.75, 3.05) is 13.2 Å². The number of imide groups is 1. The zero-order valence-electron chi connectivity index (χ0n) is 21.4. The van der Waals surface area contributed by atoms with Crippen LogP contribution in [0.4, 0.5) is 0 Å². The van der Waals surface area contributed by atoms with E-state index in [1.54, 1.807) is 24.3 Å². The fourth-order valence-corrected chi connectivity index (χ4v) is 11.0. The van der Waals surface area contributed by atoms with E-state index in [1.165, 1.54) is 4.90 Å². The first-order valence-corrected chi connectivity index (χ1v) is 14.6. The molecule has 0 aliphatic carbocycles. The van der Waals surface area contributed by atoms with Crippen LogP contribution in [0, 0.1) is 0 Å². The first-order valence-electron chi connectivity index (χ1n) is 12.4. The Morgan fingerprint density at radius 2 is 1.26 bits per heavy atom. The lowest BCUT2D eigenvalue weighted by atomic mass is 10.1. The Morgan fingerprint density at radius 1 is 0.765 bits per heavy atom. The molecule has 0 aromatic heterocycles. The van der Waals surface area contributed by atoms with Crippen molar-refractivity contribution in [3.8, 4) is 0 Å². The van der Waals surface area contributed by atoms with E-state index < -0.39 is 8.32 Å². The highest BCUT2D eigenvalue weighted by atomic mass is 28.4. The molecule has 0 saturated heterocycles. The molecule has 1 aliphatic heterocycles. The Morgan fingerprint density at radius 3 is 1.76 bits per heavy atom. The van der Waals surface area contributed by atoms with Crippen molar-refractivity contribution in [3.05, 3.63) is 71.3 Å². The van der Waals surface area contributed by atoms with Crippen LogP contribution in [0.1, 0.15) is 74.2 Å². The smallest absolute Gasteiger partial charge is 0.261 e. The van der Waals surface area contributed by atoms with Crippen molar-refractivity contribution in [3.63, 3.8) is 0 Å². The van der Waals surface area contributed by atoms with Gasteiger partial charge in [-0.2, -0.15) is 0 Å². The van der Waals surface area contributed by atoms with Gasteiger partial charge in [-0.25, -0.2) is 0 Å². The second-order valence-electron chi connectivity index (χ2n) is 10.1. The van der Waals surface area contributed by atoms with Crippen LogP contribution in [0.3, 0.4) is 0 Å². The fraction of sp³-hybridized carbons (Fsp3) is 0.500. The number of rotatable bonds is 12. The van der Waals surface area contributed by atoms with Gasteiger partial charge in [0.25, 0.3) is 11.8 Å². The summed E-state index contributed by atoms with van der Waals surface area (Å²) in [6, 6.07) is 16.7. The van der Waals surface area contributed by atoms with Gasteiger partial charge in [-0.05, 0) is 40.7 Å². The topological polar surface area (TPSA) is 55.8 Å². The summed E-state index contributed by atoms with van der Waals surface area (Å²) in [5.41, 5.74) is 3.31. The molecule has 0 N–H and O–H groups in total. The lowest BCUT2D eigenvalue weighted by Gasteiger charge is -2.43. The summed E-state index contributed by atoms with van der Waals surface area (Å²) in [5.74, 6) is -0.466. The Kier molecular flexibility index (Phi) is 8.85. The number of amides is 2. The van der Waals surface area contributed by atoms with Crippen molar-refractivity contribution in [2.45, 2.75) is 77.2 Å². The Hall–Kier alpha value is -2.28. The maximum Gasteiger partial charge on any atom is 0.261 e. The molecule has 1 atom stereocenters. The standard InChI is InChI=1S/C28H39NO4Si/c1-20(2)34(21(3)4,22(5)6)33-19-24(16-17-32-18-23-12-8-7-9-13-23)29-27(30)25-14-10-11-15-26(25)28(29)31/h7-15,20-22,24H,16-19H2,1-6H3/t24-/m1/s1. The van der Waals surface area contributed by atoms with Gasteiger partial charge in [0.15, 0.2) is 8.32 Å². The van der Waals surface area contributed by atoms with Crippen LogP contribution in [-0.4, -0.2) is 44.3 Å². The van der Waals surface area contributed by atoms with Gasteiger partial charge in [-0.15, -0.1) is 0 Å². The van der Waals surface area contributed by atoms with E-state index in [0.717, 1.165) is 5.56 Å². The van der Waals surface area contributed by atoms with Gasteiger partial charge < -0.3 is 9.16 Å². The zero-order chi connectivity index (χ0) is 24.9. The highest BCUT2D eigenvalue weighted by Crippen LogP contribution is 2.42. The molecule has 184 valence electrons. The summed E-state index contributed by atoms with van der Waals surface area (Å²) in [6.07, 6.45) is 0.539. The molecule has 0 fully saturated rings. The number of hydrogen-bond acceptors (Lipinski definition) is 4. The van der Waals surface area contributed by atoms with Crippen LogP contribution in [0.5, 0.6) is 0 Å². The van der Waals surface area contributed by atoms with Crippen LogP contribution in [-0.2, 0) is 15.8 Å². The lowest BCUT2D eigenvalue weighted by Crippen LogP contribution is -2.52. The van der Waals surface area contributed by atoms with Gasteiger partial charge in [0, 0.05) is 6.61 Å². The molecule has 2 aromatic rings. The van der Waals surface area contributed by atoms with E-state index >= 15 is 0 Å². The largest absolute Gasteiger partial charge is 0.414 e. The van der Waals surface area contributed by atoms with Gasteiger partial charge in [-0.1, -0.05) is 84.0 Å². The first kappa shape index (κ1) is 26.3. The van der Waals surface area contributed by atoms with E-state index in [0.29, 0.717) is 54.0 Å². The molecule has 0 bridgehead atoms. The Labute approximate surface area is 205 Å². The molecule has 6 heteroatoms. The van der Waals surface area contributed by atoms with Gasteiger partial charge in [0.05, 0.1) is 30.4 Å². The highest BCUT2D eigenvalue weighted by Gasteiger charge is 2.47. The first-order chi connectivity index (χ1) is 16.2. The van der Waals surface area contributed by atoms with Crippen molar-refractivity contribution < 1.29 is 18.8 Å². The third-order valence-corrected chi connectivity index (χ3v) is 13.2. The molecule has 1 heterocycles. The van der Waals surface area contributed by atoms with Crippen molar-refractivity contribution >= 4 is 20.1 Å². The quantitative estimate of drug-likeness (QED) is 0.199. The van der Waals surface area contributed by atoms with Crippen molar-refractivity contribution in [1.29, 1.82) is 0 Å². The predicted molar refractivity (Wildman–Crippen MR) is 138 cm³/mol. The average Bonchev–Trinajstić information content (AvgIpc) is 3.06. The molecule has 3 rings (SSSR count). The fourth-order valence-electron chi connectivity index (χ4n) is 5.55. The monoisotopic (exact) mass is 481 g/mol. The molecule has 0 spiro atoms. The summed E-state index contributed by atoms with van der Waals surface area (Å²) in [5, 5.41) is 0. The molecule has 0 saturated carbocycles. The maximum absolute atomic E-state index is 13.2. The summed E-state index contributed by atoms with van der Waals surface area (Å²) in [6.45, 7) is 14.7. The van der Waals surface area contributed by atoms with E-state index in [-0.39, 0.29) is 17.9 Å². The summed E-state index contributed by atoms with van der Waals surface area (Å²) in [7, 11) is -2.16. The summed E-state index contributed by atoms with van der Waals surface area (Å²) >= 11 is 0. The predicted octanol–water partition coefficient (Wildman–Crippen LogP) is 6.45. The van der Waals surface area contributed by atoms with Gasteiger partial charge in [0.1, 0.15) is 0 Å². The van der Waals surface area contributed by atoms with Gasteiger partial charge in [-0.3, -0.25) is 14.5 Å². The Balaban J connectivity index is 1.79. The van der Waals surface area contributed by atoms with E-state index in [2.05, 4.69) is 41.5 Å². The second kappa shape index (κ2) is 11.4. The second-order valence-corrected chi connectivity index (χ2v) is 15.6. The van der Waals surface area contributed by atoms with E-state index in [9.17, 15) is 9.59 Å². The minimum absolute atomic E-state index is 0.233.